The number of nitrogens with one attached hydrogen (secondary N) is 1. The van der Waals surface area contributed by atoms with Crippen LogP contribution < -0.4 is 10.1 Å². The molecule has 2 N–H and O–H groups in total. The van der Waals surface area contributed by atoms with Gasteiger partial charge in [-0.3, -0.25) is 4.79 Å². The van der Waals surface area contributed by atoms with E-state index in [2.05, 4.69) is 19.2 Å². The van der Waals surface area contributed by atoms with Crippen LogP contribution in [0.15, 0.2) is 18.2 Å². The van der Waals surface area contributed by atoms with Crippen molar-refractivity contribution in [3.63, 3.8) is 0 Å². The van der Waals surface area contributed by atoms with Crippen molar-refractivity contribution in [3.05, 3.63) is 29.3 Å². The summed E-state index contributed by atoms with van der Waals surface area (Å²) in [5.41, 5.74) is 2.06. The van der Waals surface area contributed by atoms with Gasteiger partial charge >= 0.3 is 5.97 Å². The quantitative estimate of drug-likeness (QED) is 0.778. The molecule has 3 unspecified atom stereocenters. The molecule has 1 fully saturated rings. The van der Waals surface area contributed by atoms with Crippen LogP contribution in [-0.2, 0) is 14.3 Å². The van der Waals surface area contributed by atoms with Crippen molar-refractivity contribution in [2.24, 2.45) is 5.92 Å². The molecule has 1 aliphatic heterocycles. The smallest absolute Gasteiger partial charge is 0.326 e. The van der Waals surface area contributed by atoms with Crippen molar-refractivity contribution in [1.29, 1.82) is 0 Å². The maximum Gasteiger partial charge on any atom is 0.326 e. The van der Waals surface area contributed by atoms with Gasteiger partial charge in [0, 0.05) is 12.5 Å². The predicted molar refractivity (Wildman–Crippen MR) is 98.5 cm³/mol. The molecule has 0 aromatic heterocycles. The first-order valence-electron chi connectivity index (χ1n) is 9.17. The van der Waals surface area contributed by atoms with Gasteiger partial charge in [0.05, 0.1) is 6.61 Å². The van der Waals surface area contributed by atoms with Gasteiger partial charge in [0.2, 0.25) is 0 Å². The zero-order valence-electron chi connectivity index (χ0n) is 16.0. The Bertz CT molecular complexity index is 637. The molecule has 2 rings (SSSR count). The van der Waals surface area contributed by atoms with Gasteiger partial charge in [0.25, 0.3) is 5.91 Å². The van der Waals surface area contributed by atoms with Gasteiger partial charge in [0.1, 0.15) is 11.8 Å². The molecule has 144 valence electrons. The molecule has 6 heteroatoms. The number of amides is 1. The van der Waals surface area contributed by atoms with Gasteiger partial charge in [-0.1, -0.05) is 26.0 Å². The number of benzene rings is 1. The molecule has 1 amide bonds. The Hall–Kier alpha value is -2.08. The van der Waals surface area contributed by atoms with Crippen LogP contribution in [0, 0.1) is 12.8 Å². The van der Waals surface area contributed by atoms with E-state index in [0.29, 0.717) is 24.9 Å². The SMILES string of the molecule is Cc1ccc(C(C)C)cc1OC(C)C(=O)NC(C(=O)O)C1CCCOC1. The topological polar surface area (TPSA) is 84.9 Å². The number of hydrogen-bond donors (Lipinski definition) is 2. The van der Waals surface area contributed by atoms with Gasteiger partial charge in [-0.15, -0.1) is 0 Å². The Morgan fingerprint density at radius 3 is 2.62 bits per heavy atom. The Morgan fingerprint density at radius 1 is 1.31 bits per heavy atom. The molecule has 0 saturated carbocycles. The third-order valence-electron chi connectivity index (χ3n) is 4.78. The van der Waals surface area contributed by atoms with Crippen LogP contribution in [0.4, 0.5) is 0 Å². The standard InChI is InChI=1S/C20H29NO5/c1-12(2)15-8-7-13(3)17(10-15)26-14(4)19(22)21-18(20(23)24)16-6-5-9-25-11-16/h7-8,10,12,14,16,18H,5-6,9,11H2,1-4H3,(H,21,22)(H,23,24). The number of rotatable bonds is 7. The monoisotopic (exact) mass is 363 g/mol. The van der Waals surface area contributed by atoms with E-state index in [0.717, 1.165) is 24.0 Å². The Balaban J connectivity index is 2.04. The van der Waals surface area contributed by atoms with E-state index in [4.69, 9.17) is 9.47 Å². The van der Waals surface area contributed by atoms with Crippen LogP contribution in [0.2, 0.25) is 0 Å². The van der Waals surface area contributed by atoms with Crippen molar-refractivity contribution in [2.45, 2.75) is 58.6 Å². The number of carboxylic acids is 1. The molecule has 1 aromatic carbocycles. The summed E-state index contributed by atoms with van der Waals surface area (Å²) in [6.45, 7) is 8.73. The van der Waals surface area contributed by atoms with E-state index in [1.54, 1.807) is 6.92 Å². The summed E-state index contributed by atoms with van der Waals surface area (Å²) in [5, 5.41) is 12.1. The van der Waals surface area contributed by atoms with Crippen LogP contribution in [0.1, 0.15) is 50.7 Å². The van der Waals surface area contributed by atoms with Crippen LogP contribution in [0.3, 0.4) is 0 Å². The zero-order chi connectivity index (χ0) is 19.3. The van der Waals surface area contributed by atoms with Gasteiger partial charge in [-0.2, -0.15) is 0 Å². The molecular weight excluding hydrogens is 334 g/mol. The highest BCUT2D eigenvalue weighted by molar-refractivity contribution is 5.86. The molecule has 0 aliphatic carbocycles. The van der Waals surface area contributed by atoms with Gasteiger partial charge in [0.15, 0.2) is 6.10 Å². The average Bonchev–Trinajstić information content (AvgIpc) is 2.61. The summed E-state index contributed by atoms with van der Waals surface area (Å²) in [6, 6.07) is 4.99. The third kappa shape index (κ3) is 5.21. The summed E-state index contributed by atoms with van der Waals surface area (Å²) >= 11 is 0. The molecule has 26 heavy (non-hydrogen) atoms. The number of aliphatic carboxylic acids is 1. The second-order valence-electron chi connectivity index (χ2n) is 7.24. The summed E-state index contributed by atoms with van der Waals surface area (Å²) < 4.78 is 11.2. The van der Waals surface area contributed by atoms with Crippen molar-refractivity contribution in [1.82, 2.24) is 5.32 Å². The lowest BCUT2D eigenvalue weighted by molar-refractivity contribution is -0.146. The lowest BCUT2D eigenvalue weighted by Crippen LogP contribution is -2.51. The number of hydrogen-bond acceptors (Lipinski definition) is 4. The van der Waals surface area contributed by atoms with E-state index < -0.39 is 24.0 Å². The third-order valence-corrected chi connectivity index (χ3v) is 4.78. The molecule has 0 bridgehead atoms. The van der Waals surface area contributed by atoms with E-state index in [-0.39, 0.29) is 5.92 Å². The second-order valence-corrected chi connectivity index (χ2v) is 7.24. The Morgan fingerprint density at radius 2 is 2.04 bits per heavy atom. The van der Waals surface area contributed by atoms with Gasteiger partial charge in [-0.05, 0) is 49.8 Å². The van der Waals surface area contributed by atoms with Crippen LogP contribution in [-0.4, -0.2) is 42.3 Å². The number of carbonyl (C=O) groups excluding carboxylic acids is 1. The van der Waals surface area contributed by atoms with E-state index in [9.17, 15) is 14.7 Å². The fourth-order valence-electron chi connectivity index (χ4n) is 3.03. The molecule has 0 spiro atoms. The van der Waals surface area contributed by atoms with Crippen molar-refractivity contribution >= 4 is 11.9 Å². The molecule has 1 aliphatic rings. The lowest BCUT2D eigenvalue weighted by atomic mass is 9.93. The van der Waals surface area contributed by atoms with Crippen LogP contribution in [0.25, 0.3) is 0 Å². The highest BCUT2D eigenvalue weighted by Crippen LogP contribution is 2.25. The summed E-state index contributed by atoms with van der Waals surface area (Å²) in [5.74, 6) is -0.698. The Kier molecular flexibility index (Phi) is 7.03. The van der Waals surface area contributed by atoms with Crippen LogP contribution >= 0.6 is 0 Å². The van der Waals surface area contributed by atoms with Crippen LogP contribution in [0.5, 0.6) is 5.75 Å². The number of carbonyl (C=O) groups is 2. The largest absolute Gasteiger partial charge is 0.481 e. The highest BCUT2D eigenvalue weighted by Gasteiger charge is 2.32. The van der Waals surface area contributed by atoms with Gasteiger partial charge in [-0.25, -0.2) is 4.79 Å². The fourth-order valence-corrected chi connectivity index (χ4v) is 3.03. The van der Waals surface area contributed by atoms with E-state index in [1.807, 2.05) is 25.1 Å². The molecular formula is C20H29NO5. The molecule has 3 atom stereocenters. The first-order chi connectivity index (χ1) is 12.3. The van der Waals surface area contributed by atoms with Crippen molar-refractivity contribution < 1.29 is 24.2 Å². The van der Waals surface area contributed by atoms with E-state index >= 15 is 0 Å². The summed E-state index contributed by atoms with van der Waals surface area (Å²) in [4.78, 5) is 24.1. The molecule has 6 nitrogen and oxygen atoms in total. The first kappa shape index (κ1) is 20.2. The lowest BCUT2D eigenvalue weighted by Gasteiger charge is -2.29. The maximum atomic E-state index is 12.5. The minimum absolute atomic E-state index is 0.219. The molecule has 1 heterocycles. The predicted octanol–water partition coefficient (Wildman–Crippen LogP) is 2.88. The minimum atomic E-state index is -1.04. The van der Waals surface area contributed by atoms with Crippen molar-refractivity contribution in [3.8, 4) is 5.75 Å². The molecule has 0 radical (unpaired) electrons. The second kappa shape index (κ2) is 9.03. The molecule has 1 saturated heterocycles. The zero-order valence-corrected chi connectivity index (χ0v) is 16.0. The molecule has 1 aromatic rings. The summed E-state index contributed by atoms with van der Waals surface area (Å²) in [6.07, 6.45) is 0.738. The minimum Gasteiger partial charge on any atom is -0.481 e. The normalized spacial score (nSPS) is 19.7. The number of ether oxygens (including phenoxy) is 2. The Labute approximate surface area is 154 Å². The number of aryl methyl sites for hydroxylation is 1. The van der Waals surface area contributed by atoms with Crippen molar-refractivity contribution in [2.75, 3.05) is 13.2 Å². The number of carboxylic acid groups (broad SMARTS) is 1. The maximum absolute atomic E-state index is 12.5. The van der Waals surface area contributed by atoms with E-state index in [1.165, 1.54) is 0 Å². The first-order valence-corrected chi connectivity index (χ1v) is 9.17. The van der Waals surface area contributed by atoms with Gasteiger partial charge < -0.3 is 19.9 Å². The average molecular weight is 363 g/mol. The fraction of sp³-hybridized carbons (Fsp3) is 0.600. The summed E-state index contributed by atoms with van der Waals surface area (Å²) in [7, 11) is 0. The highest BCUT2D eigenvalue weighted by atomic mass is 16.5.